The Labute approximate surface area is 124 Å². The van der Waals surface area contributed by atoms with Crippen LogP contribution in [0.25, 0.3) is 0 Å². The molecule has 0 radical (unpaired) electrons. The van der Waals surface area contributed by atoms with Crippen molar-refractivity contribution in [3.05, 3.63) is 64.5 Å². The van der Waals surface area contributed by atoms with Gasteiger partial charge in [-0.2, -0.15) is 0 Å². The second-order valence-corrected chi connectivity index (χ2v) is 5.18. The maximum absolute atomic E-state index is 14.1. The molecule has 2 aromatic rings. The molecule has 0 amide bonds. The minimum absolute atomic E-state index is 0.321. The van der Waals surface area contributed by atoms with E-state index in [9.17, 15) is 8.78 Å². The second-order valence-electron chi connectivity index (χ2n) is 5.18. The van der Waals surface area contributed by atoms with E-state index in [1.165, 1.54) is 12.1 Å². The molecular weight excluding hydrogens is 270 g/mol. The Kier molecular flexibility index (Phi) is 5.02. The first-order chi connectivity index (χ1) is 10.0. The van der Waals surface area contributed by atoms with Crippen LogP contribution in [-0.4, -0.2) is 11.5 Å². The van der Waals surface area contributed by atoms with Gasteiger partial charge in [0.15, 0.2) is 0 Å². The lowest BCUT2D eigenvalue weighted by molar-refractivity contribution is 0.531. The third-order valence-electron chi connectivity index (χ3n) is 3.45. The van der Waals surface area contributed by atoms with E-state index in [1.807, 2.05) is 32.9 Å². The third-order valence-corrected chi connectivity index (χ3v) is 3.45. The van der Waals surface area contributed by atoms with E-state index < -0.39 is 11.6 Å². The fourth-order valence-electron chi connectivity index (χ4n) is 2.41. The Bertz CT molecular complexity index is 575. The normalized spacial score (nSPS) is 12.4. The van der Waals surface area contributed by atoms with Gasteiger partial charge in [0.2, 0.25) is 0 Å². The van der Waals surface area contributed by atoms with E-state index in [0.29, 0.717) is 5.56 Å². The average molecular weight is 290 g/mol. The van der Waals surface area contributed by atoms with Crippen LogP contribution in [0.4, 0.5) is 8.78 Å². The fourth-order valence-corrected chi connectivity index (χ4v) is 2.41. The van der Waals surface area contributed by atoms with Crippen LogP contribution in [0.5, 0.6) is 0 Å². The van der Waals surface area contributed by atoms with Crippen LogP contribution in [0.15, 0.2) is 30.3 Å². The Morgan fingerprint density at radius 3 is 2.43 bits per heavy atom. The zero-order valence-corrected chi connectivity index (χ0v) is 12.6. The molecule has 2 rings (SSSR count). The molecule has 0 bridgehead atoms. The number of halogens is 2. The summed E-state index contributed by atoms with van der Waals surface area (Å²) in [4.78, 5) is 4.44. The minimum atomic E-state index is -0.566. The molecule has 0 saturated carbocycles. The summed E-state index contributed by atoms with van der Waals surface area (Å²) in [6.07, 6.45) is 0.928. The van der Waals surface area contributed by atoms with Crippen LogP contribution in [0.2, 0.25) is 0 Å². The number of pyridine rings is 1. The Morgan fingerprint density at radius 1 is 1.10 bits per heavy atom. The average Bonchev–Trinajstić information content (AvgIpc) is 2.42. The second kappa shape index (κ2) is 6.76. The van der Waals surface area contributed by atoms with Crippen LogP contribution in [-0.2, 0) is 0 Å². The van der Waals surface area contributed by atoms with E-state index in [1.54, 1.807) is 0 Å². The van der Waals surface area contributed by atoms with Crippen molar-refractivity contribution < 1.29 is 8.78 Å². The van der Waals surface area contributed by atoms with Crippen molar-refractivity contribution in [2.24, 2.45) is 0 Å². The highest BCUT2D eigenvalue weighted by Gasteiger charge is 2.20. The number of rotatable bonds is 5. The first kappa shape index (κ1) is 15.6. The molecule has 0 spiro atoms. The molecule has 1 unspecified atom stereocenters. The Morgan fingerprint density at radius 2 is 1.81 bits per heavy atom. The van der Waals surface area contributed by atoms with E-state index in [2.05, 4.69) is 10.3 Å². The van der Waals surface area contributed by atoms with Crippen LogP contribution >= 0.6 is 0 Å². The SMILES string of the molecule is CCCNC(c1ccc(F)cc1F)c1ccc(C)nc1C. The molecule has 4 heteroatoms. The van der Waals surface area contributed by atoms with Gasteiger partial charge in [-0.25, -0.2) is 8.78 Å². The largest absolute Gasteiger partial charge is 0.306 e. The summed E-state index contributed by atoms with van der Waals surface area (Å²) < 4.78 is 27.2. The highest BCUT2D eigenvalue weighted by molar-refractivity contribution is 5.35. The van der Waals surface area contributed by atoms with Crippen LogP contribution in [0.1, 0.15) is 41.9 Å². The number of hydrogen-bond donors (Lipinski definition) is 1. The molecule has 0 aliphatic heterocycles. The molecule has 0 fully saturated rings. The molecule has 1 atom stereocenters. The quantitative estimate of drug-likeness (QED) is 0.898. The lowest BCUT2D eigenvalue weighted by Gasteiger charge is -2.22. The van der Waals surface area contributed by atoms with Gasteiger partial charge in [0.25, 0.3) is 0 Å². The summed E-state index contributed by atoms with van der Waals surface area (Å²) in [6.45, 7) is 6.62. The number of nitrogens with zero attached hydrogens (tertiary/aromatic N) is 1. The molecule has 2 nitrogen and oxygen atoms in total. The van der Waals surface area contributed by atoms with Crippen molar-refractivity contribution in [3.63, 3.8) is 0 Å². The lowest BCUT2D eigenvalue weighted by Crippen LogP contribution is -2.25. The number of nitrogens with one attached hydrogen (secondary N) is 1. The third kappa shape index (κ3) is 3.64. The predicted octanol–water partition coefficient (Wildman–Crippen LogP) is 4.07. The van der Waals surface area contributed by atoms with Gasteiger partial charge in [0.1, 0.15) is 11.6 Å². The summed E-state index contributed by atoms with van der Waals surface area (Å²) in [6, 6.07) is 7.25. The van der Waals surface area contributed by atoms with Crippen molar-refractivity contribution in [1.82, 2.24) is 10.3 Å². The van der Waals surface area contributed by atoms with Crippen molar-refractivity contribution in [3.8, 4) is 0 Å². The zero-order chi connectivity index (χ0) is 15.4. The van der Waals surface area contributed by atoms with Gasteiger partial charge >= 0.3 is 0 Å². The Hall–Kier alpha value is -1.81. The van der Waals surface area contributed by atoms with E-state index in [0.717, 1.165) is 36.0 Å². The zero-order valence-electron chi connectivity index (χ0n) is 12.6. The van der Waals surface area contributed by atoms with Gasteiger partial charge in [-0.05, 0) is 44.5 Å². The molecule has 1 heterocycles. The molecule has 1 aromatic heterocycles. The van der Waals surface area contributed by atoms with Gasteiger partial charge in [0.05, 0.1) is 6.04 Å². The van der Waals surface area contributed by atoms with Crippen molar-refractivity contribution >= 4 is 0 Å². The molecule has 0 aliphatic rings. The Balaban J connectivity index is 2.46. The summed E-state index contributed by atoms with van der Waals surface area (Å²) in [5.74, 6) is -1.10. The van der Waals surface area contributed by atoms with E-state index >= 15 is 0 Å². The maximum atomic E-state index is 14.1. The highest BCUT2D eigenvalue weighted by Crippen LogP contribution is 2.27. The number of aromatic nitrogens is 1. The summed E-state index contributed by atoms with van der Waals surface area (Å²) in [7, 11) is 0. The van der Waals surface area contributed by atoms with E-state index in [4.69, 9.17) is 0 Å². The van der Waals surface area contributed by atoms with E-state index in [-0.39, 0.29) is 6.04 Å². The monoisotopic (exact) mass is 290 g/mol. The number of hydrogen-bond acceptors (Lipinski definition) is 2. The molecule has 112 valence electrons. The van der Waals surface area contributed by atoms with Gasteiger partial charge in [-0.3, -0.25) is 4.98 Å². The summed E-state index contributed by atoms with van der Waals surface area (Å²) in [5.41, 5.74) is 3.13. The molecule has 0 aliphatic carbocycles. The minimum Gasteiger partial charge on any atom is -0.306 e. The smallest absolute Gasteiger partial charge is 0.131 e. The predicted molar refractivity (Wildman–Crippen MR) is 80.2 cm³/mol. The van der Waals surface area contributed by atoms with Crippen LogP contribution in [0.3, 0.4) is 0 Å². The number of benzene rings is 1. The van der Waals surface area contributed by atoms with Crippen molar-refractivity contribution in [2.45, 2.75) is 33.2 Å². The molecule has 21 heavy (non-hydrogen) atoms. The standard InChI is InChI=1S/C17H20F2N2/c1-4-9-20-17(14-7-5-11(2)21-12(14)3)15-8-6-13(18)10-16(15)19/h5-8,10,17,20H,4,9H2,1-3H3. The van der Waals surface area contributed by atoms with Gasteiger partial charge < -0.3 is 5.32 Å². The summed E-state index contributed by atoms with van der Waals surface area (Å²) >= 11 is 0. The van der Waals surface area contributed by atoms with Crippen LogP contribution in [0, 0.1) is 25.5 Å². The van der Waals surface area contributed by atoms with Gasteiger partial charge in [0, 0.05) is 23.0 Å². The first-order valence-electron chi connectivity index (χ1n) is 7.15. The topological polar surface area (TPSA) is 24.9 Å². The first-order valence-corrected chi connectivity index (χ1v) is 7.15. The summed E-state index contributed by atoms with van der Waals surface area (Å²) in [5, 5.41) is 3.32. The highest BCUT2D eigenvalue weighted by atomic mass is 19.1. The van der Waals surface area contributed by atoms with Crippen molar-refractivity contribution in [2.75, 3.05) is 6.54 Å². The molecule has 0 saturated heterocycles. The van der Waals surface area contributed by atoms with Crippen molar-refractivity contribution in [1.29, 1.82) is 0 Å². The molecule has 1 aromatic carbocycles. The lowest BCUT2D eigenvalue weighted by atomic mass is 9.96. The maximum Gasteiger partial charge on any atom is 0.131 e. The fraction of sp³-hybridized carbons (Fsp3) is 0.353. The van der Waals surface area contributed by atoms with Gasteiger partial charge in [-0.15, -0.1) is 0 Å². The molecular formula is C17H20F2N2. The van der Waals surface area contributed by atoms with Gasteiger partial charge in [-0.1, -0.05) is 19.1 Å². The number of aryl methyl sites for hydroxylation is 2. The van der Waals surface area contributed by atoms with Crippen LogP contribution < -0.4 is 5.32 Å². The molecule has 1 N–H and O–H groups in total.